The molecule has 1 saturated heterocycles. The van der Waals surface area contributed by atoms with Crippen LogP contribution in [0.4, 0.5) is 5.69 Å². The molecule has 1 heterocycles. The van der Waals surface area contributed by atoms with Crippen LogP contribution in [0, 0.1) is 10.1 Å². The maximum absolute atomic E-state index is 12.9. The van der Waals surface area contributed by atoms with Crippen molar-refractivity contribution >= 4 is 35.3 Å². The number of hydrogen-bond donors (Lipinski definition) is 2. The highest BCUT2D eigenvalue weighted by Crippen LogP contribution is 2.37. The van der Waals surface area contributed by atoms with Gasteiger partial charge in [0.2, 0.25) is 12.4 Å². The Morgan fingerprint density at radius 3 is 1.87 bits per heavy atom. The molecule has 2 aromatic rings. The van der Waals surface area contributed by atoms with Crippen molar-refractivity contribution in [3.05, 3.63) is 57.6 Å². The van der Waals surface area contributed by atoms with E-state index in [2.05, 4.69) is 0 Å². The summed E-state index contributed by atoms with van der Waals surface area (Å²) in [7, 11) is 0. The van der Waals surface area contributed by atoms with Gasteiger partial charge in [0.1, 0.15) is 35.5 Å². The Morgan fingerprint density at radius 1 is 0.822 bits per heavy atom. The molecule has 0 amide bonds. The van der Waals surface area contributed by atoms with E-state index >= 15 is 0 Å². The van der Waals surface area contributed by atoms with Gasteiger partial charge >= 0.3 is 23.9 Å². The molecule has 3 rings (SSSR count). The molecule has 0 radical (unpaired) electrons. The zero-order valence-electron chi connectivity index (χ0n) is 24.6. The van der Waals surface area contributed by atoms with Gasteiger partial charge in [0.15, 0.2) is 18.0 Å². The average molecular weight is 634 g/mol. The van der Waals surface area contributed by atoms with Crippen molar-refractivity contribution in [1.82, 2.24) is 0 Å². The molecule has 16 nitrogen and oxygen atoms in total. The largest absolute Gasteiger partial charge is 0.507 e. The van der Waals surface area contributed by atoms with E-state index in [1.807, 2.05) is 0 Å². The highest BCUT2D eigenvalue weighted by atomic mass is 16.7. The standard InChI is InChI=1S/C29H31NO15/c1-14(31)40-13-24-26(41-15(2)32)27(42-16(3)33)28(43-17(4)34)29(45-24)44-20-11-22(36)25(23(37)12-20)21(35)10-7-18-5-8-19(9-6-18)30(38)39/h5-6,8-9,11-12,24,26-29,36-37H,7,10,13H2,1-4H3/t24-,26-,27+,28-,29+/m0/s1. The fourth-order valence-electron chi connectivity index (χ4n) is 4.53. The first-order valence-electron chi connectivity index (χ1n) is 13.5. The van der Waals surface area contributed by atoms with E-state index in [4.69, 9.17) is 28.4 Å². The predicted octanol–water partition coefficient (Wildman–Crippen LogP) is 2.28. The SMILES string of the molecule is CC(=O)OC[C@@H]1O[C@@H](Oc2cc(O)c(C(=O)CCc3ccc([N+](=O)[O-])cc3)c(O)c2)[C@@H](OC(C)=O)[C@H](OC(C)=O)[C@H]1OC(C)=O. The second kappa shape index (κ2) is 15.0. The maximum Gasteiger partial charge on any atom is 0.303 e. The summed E-state index contributed by atoms with van der Waals surface area (Å²) in [4.78, 5) is 70.5. The maximum atomic E-state index is 12.9. The van der Waals surface area contributed by atoms with Crippen LogP contribution in [-0.2, 0) is 49.3 Å². The fraction of sp³-hybridized carbons (Fsp3) is 0.414. The molecule has 0 bridgehead atoms. The Balaban J connectivity index is 1.88. The molecule has 0 aliphatic carbocycles. The van der Waals surface area contributed by atoms with Crippen LogP contribution < -0.4 is 4.74 Å². The highest BCUT2D eigenvalue weighted by molar-refractivity contribution is 6.01. The molecule has 242 valence electrons. The van der Waals surface area contributed by atoms with Crippen molar-refractivity contribution < 1.29 is 67.5 Å². The number of carbonyl (C=O) groups excluding carboxylic acids is 5. The number of phenolic OH excluding ortho intramolecular Hbond substituents is 2. The zero-order chi connectivity index (χ0) is 33.4. The van der Waals surface area contributed by atoms with Gasteiger partial charge in [-0.25, -0.2) is 0 Å². The molecule has 0 saturated carbocycles. The summed E-state index contributed by atoms with van der Waals surface area (Å²) < 4.78 is 32.5. The van der Waals surface area contributed by atoms with Crippen molar-refractivity contribution in [3.8, 4) is 17.2 Å². The van der Waals surface area contributed by atoms with E-state index in [1.165, 1.54) is 24.3 Å². The molecular formula is C29H31NO15. The fourth-order valence-corrected chi connectivity index (χ4v) is 4.53. The van der Waals surface area contributed by atoms with Crippen molar-refractivity contribution in [1.29, 1.82) is 0 Å². The van der Waals surface area contributed by atoms with Gasteiger partial charge in [0.25, 0.3) is 5.69 Å². The Bertz CT molecular complexity index is 1430. The van der Waals surface area contributed by atoms with Crippen molar-refractivity contribution in [2.45, 2.75) is 71.2 Å². The minimum Gasteiger partial charge on any atom is -0.507 e. The summed E-state index contributed by atoms with van der Waals surface area (Å²) in [6, 6.07) is 7.49. The lowest BCUT2D eigenvalue weighted by Crippen LogP contribution is -2.63. The van der Waals surface area contributed by atoms with Crippen molar-refractivity contribution in [3.63, 3.8) is 0 Å². The van der Waals surface area contributed by atoms with Crippen LogP contribution in [-0.4, -0.2) is 82.1 Å². The lowest BCUT2D eigenvalue weighted by Gasteiger charge is -2.43. The summed E-state index contributed by atoms with van der Waals surface area (Å²) in [6.07, 6.45) is -7.48. The first-order valence-corrected chi connectivity index (χ1v) is 13.5. The van der Waals surface area contributed by atoms with Gasteiger partial charge in [-0.05, 0) is 12.0 Å². The van der Waals surface area contributed by atoms with Crippen LogP contribution in [0.1, 0.15) is 50.0 Å². The van der Waals surface area contributed by atoms with Gasteiger partial charge in [-0.2, -0.15) is 0 Å². The Hall–Kier alpha value is -5.25. The van der Waals surface area contributed by atoms with E-state index in [1.54, 1.807) is 0 Å². The number of hydrogen-bond acceptors (Lipinski definition) is 15. The number of aryl methyl sites for hydroxylation is 1. The third-order valence-corrected chi connectivity index (χ3v) is 6.34. The lowest BCUT2D eigenvalue weighted by molar-refractivity contribution is -0.384. The van der Waals surface area contributed by atoms with E-state index in [0.717, 1.165) is 39.8 Å². The number of carbonyl (C=O) groups is 5. The number of ether oxygens (including phenoxy) is 6. The van der Waals surface area contributed by atoms with Crippen molar-refractivity contribution in [2.24, 2.45) is 0 Å². The Labute approximate surface area is 255 Å². The first kappa shape index (κ1) is 34.2. The molecule has 0 aromatic heterocycles. The van der Waals surface area contributed by atoms with Crippen LogP contribution in [0.5, 0.6) is 17.2 Å². The number of esters is 4. The monoisotopic (exact) mass is 633 g/mol. The number of non-ortho nitro benzene ring substituents is 1. The number of benzene rings is 2. The van der Waals surface area contributed by atoms with Crippen LogP contribution in [0.25, 0.3) is 0 Å². The molecule has 2 aromatic carbocycles. The molecule has 1 aliphatic heterocycles. The summed E-state index contributed by atoms with van der Waals surface area (Å²) in [5.41, 5.74) is 0.0648. The first-order chi connectivity index (χ1) is 21.2. The second-order valence-corrected chi connectivity index (χ2v) is 9.87. The number of nitro groups is 1. The molecular weight excluding hydrogens is 602 g/mol. The molecule has 1 aliphatic rings. The predicted molar refractivity (Wildman–Crippen MR) is 148 cm³/mol. The summed E-state index contributed by atoms with van der Waals surface area (Å²) >= 11 is 0. The van der Waals surface area contributed by atoms with Crippen molar-refractivity contribution in [2.75, 3.05) is 6.61 Å². The van der Waals surface area contributed by atoms with Gasteiger partial charge in [-0.15, -0.1) is 0 Å². The van der Waals surface area contributed by atoms with Gasteiger partial charge in [-0.3, -0.25) is 34.1 Å². The molecule has 0 unspecified atom stereocenters. The number of aromatic hydroxyl groups is 2. The minimum absolute atomic E-state index is 0.118. The molecule has 0 spiro atoms. The van der Waals surface area contributed by atoms with Crippen LogP contribution in [0.15, 0.2) is 36.4 Å². The smallest absolute Gasteiger partial charge is 0.303 e. The van der Waals surface area contributed by atoms with Gasteiger partial charge < -0.3 is 38.6 Å². The molecule has 16 heteroatoms. The summed E-state index contributed by atoms with van der Waals surface area (Å²) in [5.74, 6) is -5.54. The number of rotatable bonds is 12. The second-order valence-electron chi connectivity index (χ2n) is 9.87. The quantitative estimate of drug-likeness (QED) is 0.112. The number of nitro benzene ring substituents is 1. The van der Waals surface area contributed by atoms with Gasteiger partial charge in [-0.1, -0.05) is 12.1 Å². The number of nitrogens with zero attached hydrogens (tertiary/aromatic N) is 1. The van der Waals surface area contributed by atoms with E-state index in [-0.39, 0.29) is 24.3 Å². The van der Waals surface area contributed by atoms with Crippen LogP contribution >= 0.6 is 0 Å². The lowest BCUT2D eigenvalue weighted by atomic mass is 9.98. The molecule has 1 fully saturated rings. The zero-order valence-corrected chi connectivity index (χ0v) is 24.6. The summed E-state index contributed by atoms with van der Waals surface area (Å²) in [6.45, 7) is 3.77. The van der Waals surface area contributed by atoms with Crippen LogP contribution in [0.3, 0.4) is 0 Å². The summed E-state index contributed by atoms with van der Waals surface area (Å²) in [5, 5.41) is 32.1. The highest BCUT2D eigenvalue weighted by Gasteiger charge is 2.53. The normalized spacial score (nSPS) is 20.8. The van der Waals surface area contributed by atoms with E-state index in [0.29, 0.717) is 5.56 Å². The van der Waals surface area contributed by atoms with E-state index in [9.17, 15) is 44.3 Å². The number of ketones is 1. The molecule has 2 N–H and O–H groups in total. The Morgan fingerprint density at radius 2 is 1.36 bits per heavy atom. The third kappa shape index (κ3) is 9.37. The third-order valence-electron chi connectivity index (χ3n) is 6.34. The van der Waals surface area contributed by atoms with E-state index < -0.39 is 89.0 Å². The number of Topliss-reactive ketones (excluding diaryl/α,β-unsaturated/α-hetero) is 1. The van der Waals surface area contributed by atoms with Gasteiger partial charge in [0, 0.05) is 58.4 Å². The minimum atomic E-state index is -1.65. The Kier molecular flexibility index (Phi) is 11.4. The van der Waals surface area contributed by atoms with Crippen LogP contribution in [0.2, 0.25) is 0 Å². The topological polar surface area (TPSA) is 224 Å². The van der Waals surface area contributed by atoms with Gasteiger partial charge in [0.05, 0.1) is 4.92 Å². The molecule has 5 atom stereocenters. The number of phenols is 2. The average Bonchev–Trinajstić information content (AvgIpc) is 2.93. The molecule has 45 heavy (non-hydrogen) atoms.